The van der Waals surface area contributed by atoms with E-state index in [1.54, 1.807) is 12.1 Å². The van der Waals surface area contributed by atoms with Gasteiger partial charge in [-0.3, -0.25) is 0 Å². The first-order valence-electron chi connectivity index (χ1n) is 7.91. The Bertz CT molecular complexity index is 1190. The molecule has 29 heavy (non-hydrogen) atoms. The number of sulfone groups is 1. The fraction of sp³-hybridized carbons (Fsp3) is 0.294. The highest BCUT2D eigenvalue weighted by molar-refractivity contribution is 7.92. The number of hydrogen-bond donors (Lipinski definition) is 1. The van der Waals surface area contributed by atoms with Gasteiger partial charge in [-0.15, -0.1) is 0 Å². The predicted molar refractivity (Wildman–Crippen MR) is 86.7 cm³/mol. The SMILES string of the molecule is N#Cc1ccc(-n2cc(S(=O)(=O)C(F)(F)F)c3c2CCC(F)(F)[C@H]3O)cc1C#N. The van der Waals surface area contributed by atoms with E-state index in [4.69, 9.17) is 10.5 Å². The summed E-state index contributed by atoms with van der Waals surface area (Å²) in [7, 11) is -6.05. The lowest BCUT2D eigenvalue weighted by Crippen LogP contribution is -2.34. The minimum atomic E-state index is -6.05. The number of nitrogens with zero attached hydrogens (tertiary/aromatic N) is 3. The third kappa shape index (κ3) is 3.14. The van der Waals surface area contributed by atoms with Crippen molar-refractivity contribution in [1.29, 1.82) is 10.5 Å². The standard InChI is InChI=1S/C17H10F5N3O3S/c18-16(19)4-3-12-14(15(16)26)13(29(27,28)17(20,21)22)8-25(12)11-2-1-9(6-23)10(5-11)7-24/h1-2,5,8,15,26H,3-4H2/t15-/m0/s1. The molecule has 152 valence electrons. The molecule has 0 amide bonds. The second-order valence-electron chi connectivity index (χ2n) is 6.29. The van der Waals surface area contributed by atoms with E-state index >= 15 is 0 Å². The van der Waals surface area contributed by atoms with Crippen LogP contribution in [-0.2, 0) is 16.3 Å². The number of benzene rings is 1. The summed E-state index contributed by atoms with van der Waals surface area (Å²) in [5.41, 5.74) is -7.25. The van der Waals surface area contributed by atoms with Crippen LogP contribution in [0.3, 0.4) is 0 Å². The van der Waals surface area contributed by atoms with Gasteiger partial charge in [0, 0.05) is 29.6 Å². The summed E-state index contributed by atoms with van der Waals surface area (Å²) < 4.78 is 92.0. The van der Waals surface area contributed by atoms with Crippen LogP contribution in [0.4, 0.5) is 22.0 Å². The zero-order valence-electron chi connectivity index (χ0n) is 14.2. The van der Waals surface area contributed by atoms with Crippen molar-refractivity contribution in [2.24, 2.45) is 0 Å². The van der Waals surface area contributed by atoms with Crippen molar-refractivity contribution in [3.05, 3.63) is 46.8 Å². The third-order valence-electron chi connectivity index (χ3n) is 4.60. The van der Waals surface area contributed by atoms with E-state index in [2.05, 4.69) is 0 Å². The maximum absolute atomic E-state index is 14.0. The summed E-state index contributed by atoms with van der Waals surface area (Å²) in [5, 5.41) is 28.0. The summed E-state index contributed by atoms with van der Waals surface area (Å²) >= 11 is 0. The Labute approximate surface area is 160 Å². The average molecular weight is 431 g/mol. The first-order valence-corrected chi connectivity index (χ1v) is 9.39. The Morgan fingerprint density at radius 1 is 1.17 bits per heavy atom. The van der Waals surface area contributed by atoms with E-state index in [9.17, 15) is 35.5 Å². The molecule has 0 spiro atoms. The van der Waals surface area contributed by atoms with Gasteiger partial charge in [-0.1, -0.05) is 0 Å². The van der Waals surface area contributed by atoms with Gasteiger partial charge >= 0.3 is 5.51 Å². The molecule has 1 aromatic carbocycles. The first kappa shape index (κ1) is 20.8. The van der Waals surface area contributed by atoms with E-state index in [0.717, 1.165) is 10.6 Å². The zero-order chi connectivity index (χ0) is 21.8. The summed E-state index contributed by atoms with van der Waals surface area (Å²) in [4.78, 5) is -1.48. The molecule has 1 aliphatic carbocycles. The van der Waals surface area contributed by atoms with Crippen LogP contribution in [0.5, 0.6) is 0 Å². The molecule has 1 N–H and O–H groups in total. The van der Waals surface area contributed by atoms with Crippen LogP contribution in [0.15, 0.2) is 29.3 Å². The lowest BCUT2D eigenvalue weighted by atomic mass is 9.91. The van der Waals surface area contributed by atoms with Crippen molar-refractivity contribution in [3.8, 4) is 17.8 Å². The van der Waals surface area contributed by atoms with Crippen LogP contribution in [-0.4, -0.2) is 29.5 Å². The van der Waals surface area contributed by atoms with Crippen LogP contribution in [0.25, 0.3) is 5.69 Å². The van der Waals surface area contributed by atoms with Crippen LogP contribution in [0, 0.1) is 22.7 Å². The smallest absolute Gasteiger partial charge is 0.382 e. The molecule has 12 heteroatoms. The molecular formula is C17H10F5N3O3S. The fourth-order valence-corrected chi connectivity index (χ4v) is 4.17. The quantitative estimate of drug-likeness (QED) is 0.736. The molecule has 2 aromatic rings. The topological polar surface area (TPSA) is 107 Å². The van der Waals surface area contributed by atoms with Gasteiger partial charge in [0.2, 0.25) is 0 Å². The number of rotatable bonds is 2. The van der Waals surface area contributed by atoms with Gasteiger partial charge < -0.3 is 9.67 Å². The fourth-order valence-electron chi connectivity index (χ4n) is 3.16. The van der Waals surface area contributed by atoms with E-state index in [-0.39, 0.29) is 22.5 Å². The molecule has 0 saturated heterocycles. The number of halogens is 5. The van der Waals surface area contributed by atoms with Gasteiger partial charge in [0.25, 0.3) is 15.8 Å². The molecule has 0 fully saturated rings. The van der Waals surface area contributed by atoms with Gasteiger partial charge in [0.05, 0.1) is 11.1 Å². The lowest BCUT2D eigenvalue weighted by molar-refractivity contribution is -0.123. The molecule has 1 aliphatic rings. The lowest BCUT2D eigenvalue weighted by Gasteiger charge is -2.29. The van der Waals surface area contributed by atoms with Gasteiger partial charge in [-0.05, 0) is 24.6 Å². The summed E-state index contributed by atoms with van der Waals surface area (Å²) in [5.74, 6) is -3.82. The largest absolute Gasteiger partial charge is 0.501 e. The first-order chi connectivity index (χ1) is 13.3. The molecule has 6 nitrogen and oxygen atoms in total. The Morgan fingerprint density at radius 2 is 1.79 bits per heavy atom. The second-order valence-corrected chi connectivity index (χ2v) is 8.20. The summed E-state index contributed by atoms with van der Waals surface area (Å²) in [6.07, 6.45) is -3.69. The van der Waals surface area contributed by atoms with Crippen molar-refractivity contribution in [3.63, 3.8) is 0 Å². The van der Waals surface area contributed by atoms with Gasteiger partial charge in [0.15, 0.2) is 0 Å². The number of hydrogen-bond acceptors (Lipinski definition) is 5. The Hall–Kier alpha value is -2.96. The van der Waals surface area contributed by atoms with Crippen molar-refractivity contribution >= 4 is 9.84 Å². The van der Waals surface area contributed by atoms with Crippen LogP contribution < -0.4 is 0 Å². The minimum Gasteiger partial charge on any atom is -0.382 e. The normalized spacial score (nSPS) is 18.6. The van der Waals surface area contributed by atoms with Crippen LogP contribution >= 0.6 is 0 Å². The summed E-state index contributed by atoms with van der Waals surface area (Å²) in [6, 6.07) is 6.98. The molecule has 0 aliphatic heterocycles. The van der Waals surface area contributed by atoms with E-state index in [0.29, 0.717) is 6.20 Å². The van der Waals surface area contributed by atoms with E-state index in [1.807, 2.05) is 0 Å². The van der Waals surface area contributed by atoms with Crippen molar-refractivity contribution in [1.82, 2.24) is 4.57 Å². The molecule has 0 bridgehead atoms. The molecule has 0 saturated carbocycles. The number of aliphatic hydroxyl groups excluding tert-OH is 1. The Morgan fingerprint density at radius 3 is 2.34 bits per heavy atom. The Kier molecular flexibility index (Phi) is 4.68. The predicted octanol–water partition coefficient (Wildman–Crippen LogP) is 3.13. The van der Waals surface area contributed by atoms with Gasteiger partial charge in [-0.25, -0.2) is 17.2 Å². The third-order valence-corrected chi connectivity index (χ3v) is 6.11. The average Bonchev–Trinajstić information content (AvgIpc) is 3.04. The number of fused-ring (bicyclic) bond motifs is 1. The zero-order valence-corrected chi connectivity index (χ0v) is 15.0. The number of alkyl halides is 5. The molecule has 1 heterocycles. The highest BCUT2D eigenvalue weighted by atomic mass is 32.2. The number of nitriles is 2. The Balaban J connectivity index is 2.34. The van der Waals surface area contributed by atoms with Gasteiger partial charge in [-0.2, -0.15) is 23.7 Å². The van der Waals surface area contributed by atoms with Crippen LogP contribution in [0.1, 0.15) is 34.9 Å². The van der Waals surface area contributed by atoms with Gasteiger partial charge in [0.1, 0.15) is 23.1 Å². The van der Waals surface area contributed by atoms with Crippen molar-refractivity contribution < 1.29 is 35.5 Å². The van der Waals surface area contributed by atoms with E-state index < -0.39 is 50.7 Å². The molecule has 1 aromatic heterocycles. The number of aromatic nitrogens is 1. The van der Waals surface area contributed by atoms with E-state index in [1.165, 1.54) is 12.1 Å². The minimum absolute atomic E-state index is 0.0159. The van der Waals surface area contributed by atoms with Crippen LogP contribution in [0.2, 0.25) is 0 Å². The number of aliphatic hydroxyl groups is 1. The van der Waals surface area contributed by atoms with Crippen molar-refractivity contribution in [2.75, 3.05) is 0 Å². The second kappa shape index (κ2) is 6.54. The maximum atomic E-state index is 14.0. The molecule has 3 rings (SSSR count). The molecule has 1 atom stereocenters. The molecular weight excluding hydrogens is 421 g/mol. The highest BCUT2D eigenvalue weighted by Gasteiger charge is 2.54. The summed E-state index contributed by atoms with van der Waals surface area (Å²) in [6.45, 7) is 0. The molecule has 0 unspecified atom stereocenters. The maximum Gasteiger partial charge on any atom is 0.501 e. The highest BCUT2D eigenvalue weighted by Crippen LogP contribution is 2.47. The monoisotopic (exact) mass is 431 g/mol. The van der Waals surface area contributed by atoms with Crippen molar-refractivity contribution in [2.45, 2.75) is 35.3 Å². The molecule has 0 radical (unpaired) electrons.